The fourth-order valence-electron chi connectivity index (χ4n) is 6.98. The Bertz CT molecular complexity index is 1720. The fourth-order valence-corrected chi connectivity index (χ4v) is 7.11. The lowest BCUT2D eigenvalue weighted by molar-refractivity contribution is -0.138. The van der Waals surface area contributed by atoms with E-state index >= 15 is 0 Å². The van der Waals surface area contributed by atoms with Crippen LogP contribution in [0.15, 0.2) is 66.9 Å². The zero-order valence-corrected chi connectivity index (χ0v) is 27.4. The first-order chi connectivity index (χ1) is 22.8. The minimum absolute atomic E-state index is 0.0000137. The number of hydrogen-bond donors (Lipinski definition) is 2. The highest BCUT2D eigenvalue weighted by Gasteiger charge is 2.35. The van der Waals surface area contributed by atoms with Crippen molar-refractivity contribution in [2.75, 3.05) is 69.6 Å². The molecule has 4 aromatic rings. The third kappa shape index (κ3) is 6.65. The van der Waals surface area contributed by atoms with E-state index in [1.165, 1.54) is 0 Å². The number of amides is 2. The number of hydrogen-bond acceptors (Lipinski definition) is 8. The molecule has 0 bridgehead atoms. The van der Waals surface area contributed by atoms with Gasteiger partial charge in [-0.2, -0.15) is 4.98 Å². The quantitative estimate of drug-likeness (QED) is 0.317. The van der Waals surface area contributed by atoms with Crippen molar-refractivity contribution in [3.63, 3.8) is 0 Å². The second-order valence-electron chi connectivity index (χ2n) is 13.0. The maximum atomic E-state index is 13.3. The number of aliphatic hydroxyl groups is 1. The van der Waals surface area contributed by atoms with Gasteiger partial charge in [-0.25, -0.2) is 4.52 Å². The van der Waals surface area contributed by atoms with Gasteiger partial charge in [-0.15, -0.1) is 5.10 Å². The minimum atomic E-state index is -0.889. The molecule has 3 aliphatic rings. The highest BCUT2D eigenvalue weighted by Crippen LogP contribution is 2.36. The summed E-state index contributed by atoms with van der Waals surface area (Å²) in [6.45, 7) is 5.94. The average molecular weight is 657 g/mol. The molecule has 246 valence electrons. The van der Waals surface area contributed by atoms with Gasteiger partial charge >= 0.3 is 0 Å². The summed E-state index contributed by atoms with van der Waals surface area (Å²) in [6, 6.07) is 18.8. The van der Waals surface area contributed by atoms with Crippen LogP contribution in [-0.2, 0) is 10.4 Å². The van der Waals surface area contributed by atoms with E-state index < -0.39 is 5.60 Å². The summed E-state index contributed by atoms with van der Waals surface area (Å²) in [5, 5.41) is 19.9. The van der Waals surface area contributed by atoms with Crippen LogP contribution in [0.5, 0.6) is 0 Å². The summed E-state index contributed by atoms with van der Waals surface area (Å²) in [5.41, 5.74) is 3.09. The Labute approximate surface area is 279 Å². The van der Waals surface area contributed by atoms with E-state index in [1.807, 2.05) is 76.7 Å². The van der Waals surface area contributed by atoms with E-state index in [-0.39, 0.29) is 17.7 Å². The number of rotatable bonds is 6. The average Bonchev–Trinajstić information content (AvgIpc) is 3.52. The number of piperazine rings is 1. The zero-order chi connectivity index (χ0) is 32.5. The van der Waals surface area contributed by atoms with Crippen molar-refractivity contribution >= 4 is 46.4 Å². The first-order valence-electron chi connectivity index (χ1n) is 16.5. The van der Waals surface area contributed by atoms with Gasteiger partial charge in [0.1, 0.15) is 0 Å². The summed E-state index contributed by atoms with van der Waals surface area (Å²) in [5.74, 6) is 0.686. The van der Waals surface area contributed by atoms with Gasteiger partial charge in [0, 0.05) is 80.7 Å². The van der Waals surface area contributed by atoms with Crippen LogP contribution in [-0.4, -0.2) is 106 Å². The van der Waals surface area contributed by atoms with Crippen molar-refractivity contribution in [2.24, 2.45) is 5.92 Å². The molecule has 0 saturated carbocycles. The van der Waals surface area contributed by atoms with Crippen molar-refractivity contribution in [3.8, 4) is 0 Å². The van der Waals surface area contributed by atoms with Crippen molar-refractivity contribution in [1.29, 1.82) is 0 Å². The van der Waals surface area contributed by atoms with Gasteiger partial charge in [0.05, 0.1) is 11.3 Å². The van der Waals surface area contributed by atoms with Crippen molar-refractivity contribution < 1.29 is 14.7 Å². The number of anilines is 3. The third-order valence-electron chi connectivity index (χ3n) is 9.99. The number of likely N-dealkylation sites (N-methyl/N-ethyl adjacent to an activating group) is 1. The number of nitrogens with zero attached hydrogens (tertiary/aromatic N) is 7. The first kappa shape index (κ1) is 31.4. The molecule has 0 spiro atoms. The molecule has 0 unspecified atom stereocenters. The van der Waals surface area contributed by atoms with E-state index in [9.17, 15) is 14.7 Å². The normalized spacial score (nSPS) is 19.3. The number of aromatic nitrogens is 3. The van der Waals surface area contributed by atoms with Gasteiger partial charge < -0.3 is 30.0 Å². The van der Waals surface area contributed by atoms with Gasteiger partial charge in [-0.05, 0) is 86.8 Å². The highest BCUT2D eigenvalue weighted by molar-refractivity contribution is 6.30. The predicted molar refractivity (Wildman–Crippen MR) is 182 cm³/mol. The Balaban J connectivity index is 0.953. The second kappa shape index (κ2) is 13.1. The molecule has 5 heterocycles. The molecule has 3 saturated heterocycles. The lowest BCUT2D eigenvalue weighted by atomic mass is 9.84. The number of likely N-dealkylation sites (tertiary alicyclic amines) is 1. The molecular weight excluding hydrogens is 616 g/mol. The number of halogens is 1. The molecule has 47 heavy (non-hydrogen) atoms. The summed E-state index contributed by atoms with van der Waals surface area (Å²) in [6.07, 6.45) is 4.46. The number of nitrogens with one attached hydrogen (secondary N) is 1. The molecule has 12 heteroatoms. The number of pyridine rings is 1. The van der Waals surface area contributed by atoms with Crippen molar-refractivity contribution in [3.05, 3.63) is 83.0 Å². The Kier molecular flexibility index (Phi) is 8.78. The van der Waals surface area contributed by atoms with Gasteiger partial charge in [0.15, 0.2) is 5.65 Å². The van der Waals surface area contributed by atoms with Crippen LogP contribution >= 0.6 is 11.6 Å². The van der Waals surface area contributed by atoms with Gasteiger partial charge in [0.25, 0.3) is 5.91 Å². The first-order valence-corrected chi connectivity index (χ1v) is 16.9. The van der Waals surface area contributed by atoms with Crippen molar-refractivity contribution in [2.45, 2.75) is 31.3 Å². The SMILES string of the molecule is CN1CCN(C(=O)C2CCN(C(=O)c3ccc(Nc4nc5c(N6CCC(O)(c7ccc(Cl)cc7)CC6)cccn5n4)cc3)CC2)CC1. The highest BCUT2D eigenvalue weighted by atomic mass is 35.5. The van der Waals surface area contributed by atoms with Gasteiger partial charge in [-0.3, -0.25) is 9.59 Å². The summed E-state index contributed by atoms with van der Waals surface area (Å²) < 4.78 is 1.76. The lowest BCUT2D eigenvalue weighted by Crippen LogP contribution is -2.51. The molecule has 7 rings (SSSR count). The number of benzene rings is 2. The van der Waals surface area contributed by atoms with E-state index in [2.05, 4.69) is 27.3 Å². The van der Waals surface area contributed by atoms with E-state index in [1.54, 1.807) is 4.52 Å². The van der Waals surface area contributed by atoms with Crippen LogP contribution in [0, 0.1) is 5.92 Å². The van der Waals surface area contributed by atoms with Crippen LogP contribution in [0.1, 0.15) is 41.6 Å². The molecule has 2 aromatic carbocycles. The molecular formula is C35H41ClN8O3. The minimum Gasteiger partial charge on any atom is -0.385 e. The van der Waals surface area contributed by atoms with E-state index in [4.69, 9.17) is 16.6 Å². The maximum Gasteiger partial charge on any atom is 0.253 e. The van der Waals surface area contributed by atoms with E-state index in [0.717, 1.165) is 48.8 Å². The Morgan fingerprint density at radius 2 is 1.55 bits per heavy atom. The van der Waals surface area contributed by atoms with Crippen LogP contribution in [0.3, 0.4) is 0 Å². The molecule has 0 radical (unpaired) electrons. The number of carbonyl (C=O) groups excluding carboxylic acids is 2. The van der Waals surface area contributed by atoms with Crippen LogP contribution in [0.4, 0.5) is 17.3 Å². The molecule has 0 atom stereocenters. The smallest absolute Gasteiger partial charge is 0.253 e. The second-order valence-corrected chi connectivity index (χ2v) is 13.5. The molecule has 0 aliphatic carbocycles. The molecule has 3 fully saturated rings. The fraction of sp³-hybridized carbons (Fsp3) is 0.429. The number of piperidine rings is 2. The van der Waals surface area contributed by atoms with Crippen LogP contribution in [0.2, 0.25) is 5.02 Å². The standard InChI is InChI=1S/C35H41ClN8O3/c1-40-21-23-43(24-22-40)33(46)26-12-17-42(18-13-26)32(45)25-4-10-29(11-5-25)37-34-38-31-30(3-2-16-44(31)39-34)41-19-14-35(47,15-20-41)27-6-8-28(36)9-7-27/h2-11,16,26,47H,12-15,17-24H2,1H3,(H,37,39). The van der Waals surface area contributed by atoms with Crippen molar-refractivity contribution in [1.82, 2.24) is 29.3 Å². The Hall–Kier alpha value is -4.19. The van der Waals surface area contributed by atoms with Crippen LogP contribution in [0.25, 0.3) is 5.65 Å². The summed E-state index contributed by atoms with van der Waals surface area (Å²) >= 11 is 6.05. The number of fused-ring (bicyclic) bond motifs is 1. The topological polar surface area (TPSA) is 110 Å². The third-order valence-corrected chi connectivity index (χ3v) is 10.2. The van der Waals surface area contributed by atoms with Gasteiger partial charge in [0.2, 0.25) is 11.9 Å². The molecule has 2 aromatic heterocycles. The monoisotopic (exact) mass is 656 g/mol. The Morgan fingerprint density at radius 1 is 0.872 bits per heavy atom. The van der Waals surface area contributed by atoms with E-state index in [0.29, 0.717) is 68.4 Å². The number of carbonyl (C=O) groups is 2. The summed E-state index contributed by atoms with van der Waals surface area (Å²) in [4.78, 5) is 39.4. The Morgan fingerprint density at radius 3 is 2.23 bits per heavy atom. The molecule has 2 amide bonds. The summed E-state index contributed by atoms with van der Waals surface area (Å²) in [7, 11) is 2.09. The largest absolute Gasteiger partial charge is 0.385 e. The molecule has 11 nitrogen and oxygen atoms in total. The zero-order valence-electron chi connectivity index (χ0n) is 26.7. The molecule has 3 aliphatic heterocycles. The lowest BCUT2D eigenvalue weighted by Gasteiger charge is -2.39. The van der Waals surface area contributed by atoms with Crippen LogP contribution < -0.4 is 10.2 Å². The van der Waals surface area contributed by atoms with Gasteiger partial charge in [-0.1, -0.05) is 23.7 Å². The predicted octanol–water partition coefficient (Wildman–Crippen LogP) is 4.24. The molecule has 2 N–H and O–H groups in total. The maximum absolute atomic E-state index is 13.3.